The molecule has 120 valence electrons. The van der Waals surface area contributed by atoms with Crippen molar-refractivity contribution in [2.75, 3.05) is 19.7 Å². The van der Waals surface area contributed by atoms with Gasteiger partial charge in [-0.3, -0.25) is 0 Å². The molecule has 0 aromatic carbocycles. The first-order valence-corrected chi connectivity index (χ1v) is 9.93. The maximum absolute atomic E-state index is 12.7. The second kappa shape index (κ2) is 6.77. The number of thiophene rings is 1. The van der Waals surface area contributed by atoms with E-state index in [4.69, 9.17) is 5.11 Å². The van der Waals surface area contributed by atoms with E-state index in [9.17, 15) is 8.42 Å². The van der Waals surface area contributed by atoms with Crippen LogP contribution in [-0.4, -0.2) is 37.5 Å². The molecule has 2 rings (SSSR count). The molecule has 1 fully saturated rings. The van der Waals surface area contributed by atoms with Crippen LogP contribution in [0.15, 0.2) is 16.3 Å². The smallest absolute Gasteiger partial charge is 0.252 e. The molecule has 6 heteroatoms. The Bertz CT molecular complexity index is 551. The van der Waals surface area contributed by atoms with Gasteiger partial charge in [0.05, 0.1) is 0 Å². The summed E-state index contributed by atoms with van der Waals surface area (Å²) in [5.41, 5.74) is 0.323. The maximum atomic E-state index is 12.7. The molecule has 4 nitrogen and oxygen atoms in total. The molecule has 0 spiro atoms. The van der Waals surface area contributed by atoms with Crippen LogP contribution < -0.4 is 0 Å². The Hall–Kier alpha value is -0.430. The topological polar surface area (TPSA) is 57.6 Å². The van der Waals surface area contributed by atoms with Crippen molar-refractivity contribution in [2.24, 2.45) is 5.41 Å². The van der Waals surface area contributed by atoms with Gasteiger partial charge in [-0.1, -0.05) is 26.7 Å². The van der Waals surface area contributed by atoms with E-state index in [0.29, 0.717) is 29.1 Å². The highest BCUT2D eigenvalue weighted by Crippen LogP contribution is 2.39. The van der Waals surface area contributed by atoms with Crippen LogP contribution in [0.2, 0.25) is 0 Å². The van der Waals surface area contributed by atoms with Crippen LogP contribution in [0.5, 0.6) is 0 Å². The molecule has 0 atom stereocenters. The van der Waals surface area contributed by atoms with Gasteiger partial charge in [0.25, 0.3) is 10.0 Å². The Morgan fingerprint density at radius 2 is 1.86 bits per heavy atom. The average Bonchev–Trinajstić information content (AvgIpc) is 2.97. The predicted molar refractivity (Wildman–Crippen MR) is 86.1 cm³/mol. The number of rotatable bonds is 6. The van der Waals surface area contributed by atoms with Gasteiger partial charge in [0.1, 0.15) is 4.21 Å². The van der Waals surface area contributed by atoms with Gasteiger partial charge in [0.2, 0.25) is 0 Å². The van der Waals surface area contributed by atoms with Crippen molar-refractivity contribution in [3.05, 3.63) is 17.0 Å². The van der Waals surface area contributed by atoms with E-state index < -0.39 is 10.0 Å². The quantitative estimate of drug-likeness (QED) is 0.872. The zero-order valence-corrected chi connectivity index (χ0v) is 14.5. The van der Waals surface area contributed by atoms with E-state index >= 15 is 0 Å². The second-order valence-electron chi connectivity index (χ2n) is 5.81. The molecule has 1 aliphatic heterocycles. The van der Waals surface area contributed by atoms with E-state index in [-0.39, 0.29) is 6.61 Å². The van der Waals surface area contributed by atoms with Crippen LogP contribution in [-0.2, 0) is 16.4 Å². The summed E-state index contributed by atoms with van der Waals surface area (Å²) in [6.45, 7) is 5.70. The standard InChI is InChI=1S/C15H25NO3S2/c1-3-15(4-2)8-10-16(11-9-15)21(18,19)14-6-5-13(20-14)7-12-17/h5-6,17H,3-4,7-12H2,1-2H3. The Kier molecular flexibility index (Phi) is 5.46. The van der Waals surface area contributed by atoms with E-state index in [1.165, 1.54) is 11.3 Å². The minimum Gasteiger partial charge on any atom is -0.396 e. The molecule has 1 aromatic rings. The lowest BCUT2D eigenvalue weighted by Gasteiger charge is -2.40. The number of hydrogen-bond donors (Lipinski definition) is 1. The van der Waals surface area contributed by atoms with Gasteiger partial charge in [-0.25, -0.2) is 8.42 Å². The fraction of sp³-hybridized carbons (Fsp3) is 0.733. The summed E-state index contributed by atoms with van der Waals surface area (Å²) >= 11 is 1.28. The second-order valence-corrected chi connectivity index (χ2v) is 9.14. The van der Waals surface area contributed by atoms with Gasteiger partial charge in [0.15, 0.2) is 0 Å². The van der Waals surface area contributed by atoms with Crippen LogP contribution >= 0.6 is 11.3 Å². The van der Waals surface area contributed by atoms with E-state index in [2.05, 4.69) is 13.8 Å². The minimum absolute atomic E-state index is 0.0548. The third-order valence-electron chi connectivity index (χ3n) is 4.87. The highest BCUT2D eigenvalue weighted by atomic mass is 32.2. The van der Waals surface area contributed by atoms with Crippen LogP contribution in [0.25, 0.3) is 0 Å². The Balaban J connectivity index is 2.10. The van der Waals surface area contributed by atoms with Crippen LogP contribution in [0, 0.1) is 5.41 Å². The van der Waals surface area contributed by atoms with Crippen molar-refractivity contribution >= 4 is 21.4 Å². The third-order valence-corrected chi connectivity index (χ3v) is 8.38. The van der Waals surface area contributed by atoms with Gasteiger partial charge >= 0.3 is 0 Å². The molecule has 0 aliphatic carbocycles. The highest BCUT2D eigenvalue weighted by molar-refractivity contribution is 7.91. The van der Waals surface area contributed by atoms with E-state index in [0.717, 1.165) is 30.6 Å². The van der Waals surface area contributed by atoms with E-state index in [1.54, 1.807) is 16.4 Å². The fourth-order valence-electron chi connectivity index (χ4n) is 3.03. The maximum Gasteiger partial charge on any atom is 0.252 e. The molecule has 1 aromatic heterocycles. The number of hydrogen-bond acceptors (Lipinski definition) is 4. The van der Waals surface area contributed by atoms with Gasteiger partial charge in [-0.2, -0.15) is 4.31 Å². The number of nitrogens with zero attached hydrogens (tertiary/aromatic N) is 1. The number of aliphatic hydroxyl groups excluding tert-OH is 1. The lowest BCUT2D eigenvalue weighted by Crippen LogP contribution is -2.42. The summed E-state index contributed by atoms with van der Waals surface area (Å²) in [7, 11) is -3.36. The third kappa shape index (κ3) is 3.50. The molecule has 1 N–H and O–H groups in total. The summed E-state index contributed by atoms with van der Waals surface area (Å²) in [6.07, 6.45) is 4.67. The van der Waals surface area contributed by atoms with Gasteiger partial charge in [0, 0.05) is 31.0 Å². The molecular weight excluding hydrogens is 306 g/mol. The van der Waals surface area contributed by atoms with Crippen molar-refractivity contribution < 1.29 is 13.5 Å². The number of sulfonamides is 1. The van der Waals surface area contributed by atoms with Crippen LogP contribution in [0.1, 0.15) is 44.4 Å². The minimum atomic E-state index is -3.36. The predicted octanol–water partition coefficient (Wildman–Crippen LogP) is 2.87. The molecule has 0 amide bonds. The van der Waals surface area contributed by atoms with Crippen LogP contribution in [0.3, 0.4) is 0 Å². The number of aliphatic hydroxyl groups is 1. The summed E-state index contributed by atoms with van der Waals surface area (Å²) < 4.78 is 27.4. The lowest BCUT2D eigenvalue weighted by atomic mass is 9.75. The molecule has 2 heterocycles. The van der Waals surface area contributed by atoms with Crippen molar-refractivity contribution in [2.45, 2.75) is 50.2 Å². The normalized spacial score (nSPS) is 19.8. The fourth-order valence-corrected chi connectivity index (χ4v) is 5.97. The first-order valence-electron chi connectivity index (χ1n) is 7.67. The Morgan fingerprint density at radius 1 is 1.24 bits per heavy atom. The van der Waals surface area contributed by atoms with Crippen molar-refractivity contribution in [1.82, 2.24) is 4.31 Å². The largest absolute Gasteiger partial charge is 0.396 e. The zero-order valence-electron chi connectivity index (χ0n) is 12.8. The number of piperidine rings is 1. The van der Waals surface area contributed by atoms with Crippen molar-refractivity contribution in [3.8, 4) is 0 Å². The summed E-state index contributed by atoms with van der Waals surface area (Å²) in [5.74, 6) is 0. The van der Waals surface area contributed by atoms with Crippen molar-refractivity contribution in [1.29, 1.82) is 0 Å². The van der Waals surface area contributed by atoms with Gasteiger partial charge in [-0.15, -0.1) is 11.3 Å². The SMILES string of the molecule is CCC1(CC)CCN(S(=O)(=O)c2ccc(CCO)s2)CC1. The molecular formula is C15H25NO3S2. The lowest BCUT2D eigenvalue weighted by molar-refractivity contribution is 0.142. The monoisotopic (exact) mass is 331 g/mol. The molecule has 1 aliphatic rings. The molecule has 0 unspecified atom stereocenters. The molecule has 21 heavy (non-hydrogen) atoms. The summed E-state index contributed by atoms with van der Waals surface area (Å²) in [5, 5.41) is 8.94. The van der Waals surface area contributed by atoms with Crippen LogP contribution in [0.4, 0.5) is 0 Å². The van der Waals surface area contributed by atoms with Gasteiger partial charge in [-0.05, 0) is 30.4 Å². The summed E-state index contributed by atoms with van der Waals surface area (Å²) in [6, 6.07) is 3.48. The Morgan fingerprint density at radius 3 is 2.38 bits per heavy atom. The average molecular weight is 332 g/mol. The van der Waals surface area contributed by atoms with E-state index in [1.807, 2.05) is 0 Å². The summed E-state index contributed by atoms with van der Waals surface area (Å²) in [4.78, 5) is 0.921. The molecule has 0 bridgehead atoms. The zero-order chi connectivity index (χ0) is 15.5. The first-order chi connectivity index (χ1) is 9.97. The first kappa shape index (κ1) is 16.9. The molecule has 0 radical (unpaired) electrons. The highest BCUT2D eigenvalue weighted by Gasteiger charge is 2.36. The van der Waals surface area contributed by atoms with Crippen molar-refractivity contribution in [3.63, 3.8) is 0 Å². The van der Waals surface area contributed by atoms with Gasteiger partial charge < -0.3 is 5.11 Å². The molecule has 0 saturated carbocycles. The molecule has 1 saturated heterocycles. The Labute approximate surface area is 131 Å².